The van der Waals surface area contributed by atoms with Crippen LogP contribution in [0.4, 0.5) is 0 Å². The lowest BCUT2D eigenvalue weighted by molar-refractivity contribution is -0.118. The van der Waals surface area contributed by atoms with Gasteiger partial charge in [-0.05, 0) is 43.2 Å². The lowest BCUT2D eigenvalue weighted by atomic mass is 10.1. The van der Waals surface area contributed by atoms with Crippen LogP contribution in [0.25, 0.3) is 28.0 Å². The van der Waals surface area contributed by atoms with Gasteiger partial charge in [0.25, 0.3) is 0 Å². The van der Waals surface area contributed by atoms with E-state index in [1.165, 1.54) is 0 Å². The maximum absolute atomic E-state index is 10.9. The molecule has 136 valence electrons. The number of hydrogen-bond acceptors (Lipinski definition) is 4. The number of benzene rings is 1. The fraction of sp³-hybridized carbons (Fsp3) is 0.200. The van der Waals surface area contributed by atoms with Crippen molar-refractivity contribution in [3.63, 3.8) is 0 Å². The minimum absolute atomic E-state index is 0.291. The van der Waals surface area contributed by atoms with Crippen LogP contribution in [0.5, 0.6) is 0 Å². The van der Waals surface area contributed by atoms with Crippen LogP contribution < -0.4 is 5.73 Å². The number of hydrogen-bond donors (Lipinski definition) is 1. The van der Waals surface area contributed by atoms with Gasteiger partial charge < -0.3 is 5.73 Å². The molecule has 0 aliphatic carbocycles. The summed E-state index contributed by atoms with van der Waals surface area (Å²) in [6.07, 6.45) is 6.46. The largest absolute Gasteiger partial charge is 0.370 e. The molecule has 3 heterocycles. The molecule has 2 N–H and O–H groups in total. The molecule has 1 aromatic carbocycles. The summed E-state index contributed by atoms with van der Waals surface area (Å²) in [5, 5.41) is 8.72. The lowest BCUT2D eigenvalue weighted by Crippen LogP contribution is -2.12. The first-order chi connectivity index (χ1) is 13.1. The Hall–Kier alpha value is -3.48. The number of fused-ring (bicyclic) bond motifs is 1. The Kier molecular flexibility index (Phi) is 4.42. The number of carbonyl (C=O) groups excluding carboxylic acids is 1. The topological polar surface area (TPSA) is 91.6 Å². The van der Waals surface area contributed by atoms with E-state index in [2.05, 4.69) is 29.3 Å². The van der Waals surface area contributed by atoms with Crippen LogP contribution >= 0.6 is 0 Å². The van der Waals surface area contributed by atoms with E-state index in [0.29, 0.717) is 19.4 Å². The van der Waals surface area contributed by atoms with Gasteiger partial charge in [0.1, 0.15) is 5.52 Å². The summed E-state index contributed by atoms with van der Waals surface area (Å²) in [6, 6.07) is 12.1. The van der Waals surface area contributed by atoms with Crippen molar-refractivity contribution in [1.29, 1.82) is 0 Å². The smallest absolute Gasteiger partial charge is 0.217 e. The van der Waals surface area contributed by atoms with Gasteiger partial charge in [-0.15, -0.1) is 0 Å². The number of carbonyl (C=O) groups is 1. The fourth-order valence-corrected chi connectivity index (χ4v) is 3.25. The normalized spacial score (nSPS) is 11.1. The van der Waals surface area contributed by atoms with Crippen LogP contribution in [-0.2, 0) is 11.3 Å². The number of primary amides is 1. The molecule has 7 nitrogen and oxygen atoms in total. The first-order valence-electron chi connectivity index (χ1n) is 8.84. The van der Waals surface area contributed by atoms with Crippen molar-refractivity contribution in [2.24, 2.45) is 5.73 Å². The summed E-state index contributed by atoms with van der Waals surface area (Å²) in [5.74, 6) is -0.291. The summed E-state index contributed by atoms with van der Waals surface area (Å²) in [7, 11) is 0. The van der Waals surface area contributed by atoms with Crippen LogP contribution in [0, 0.1) is 6.92 Å². The van der Waals surface area contributed by atoms with E-state index in [4.69, 9.17) is 10.7 Å². The maximum atomic E-state index is 10.9. The third-order valence-electron chi connectivity index (χ3n) is 4.49. The van der Waals surface area contributed by atoms with Gasteiger partial charge in [0.2, 0.25) is 5.91 Å². The second-order valence-electron chi connectivity index (χ2n) is 6.50. The number of nitrogens with two attached hydrogens (primary N) is 1. The number of nitrogens with zero attached hydrogens (tertiary/aromatic N) is 5. The molecule has 4 rings (SSSR count). The molecule has 0 saturated carbocycles. The number of aryl methyl sites for hydroxylation is 2. The van der Waals surface area contributed by atoms with Gasteiger partial charge in [0.05, 0.1) is 23.1 Å². The monoisotopic (exact) mass is 360 g/mol. The maximum Gasteiger partial charge on any atom is 0.217 e. The van der Waals surface area contributed by atoms with Gasteiger partial charge in [-0.2, -0.15) is 10.2 Å². The highest BCUT2D eigenvalue weighted by Crippen LogP contribution is 2.26. The Morgan fingerprint density at radius 2 is 2.07 bits per heavy atom. The van der Waals surface area contributed by atoms with Gasteiger partial charge in [-0.1, -0.05) is 12.1 Å². The zero-order valence-corrected chi connectivity index (χ0v) is 15.0. The van der Waals surface area contributed by atoms with Crippen molar-refractivity contribution in [2.45, 2.75) is 26.3 Å². The van der Waals surface area contributed by atoms with Crippen molar-refractivity contribution >= 4 is 16.9 Å². The van der Waals surface area contributed by atoms with E-state index in [9.17, 15) is 4.79 Å². The molecule has 0 saturated heterocycles. The number of rotatable bonds is 6. The third-order valence-corrected chi connectivity index (χ3v) is 4.49. The van der Waals surface area contributed by atoms with Crippen LogP contribution in [0.2, 0.25) is 0 Å². The molecule has 4 aromatic rings. The van der Waals surface area contributed by atoms with Crippen LogP contribution in [-0.4, -0.2) is 30.5 Å². The SMILES string of the molecule is Cc1cc(-c2cccc(-n3cccn3)c2)nc2cnn(CCCC(N)=O)c12. The van der Waals surface area contributed by atoms with E-state index in [0.717, 1.165) is 33.5 Å². The van der Waals surface area contributed by atoms with Gasteiger partial charge in [0, 0.05) is 30.9 Å². The molecule has 7 heteroatoms. The van der Waals surface area contributed by atoms with E-state index in [-0.39, 0.29) is 5.91 Å². The van der Waals surface area contributed by atoms with Crippen molar-refractivity contribution in [3.8, 4) is 16.9 Å². The highest BCUT2D eigenvalue weighted by molar-refractivity contribution is 5.82. The highest BCUT2D eigenvalue weighted by Gasteiger charge is 2.11. The Morgan fingerprint density at radius 1 is 1.19 bits per heavy atom. The quantitative estimate of drug-likeness (QED) is 0.572. The molecule has 27 heavy (non-hydrogen) atoms. The Morgan fingerprint density at radius 3 is 2.85 bits per heavy atom. The molecule has 0 aliphatic rings. The summed E-state index contributed by atoms with van der Waals surface area (Å²) < 4.78 is 3.72. The minimum atomic E-state index is -0.291. The Labute approximate surface area is 156 Å². The second kappa shape index (κ2) is 7.03. The first kappa shape index (κ1) is 17.0. The zero-order chi connectivity index (χ0) is 18.8. The molecule has 0 atom stereocenters. The molecular formula is C20H20N6O. The Bertz CT molecular complexity index is 1100. The van der Waals surface area contributed by atoms with Crippen molar-refractivity contribution in [2.75, 3.05) is 0 Å². The molecule has 0 radical (unpaired) electrons. The van der Waals surface area contributed by atoms with Crippen molar-refractivity contribution in [3.05, 3.63) is 60.6 Å². The van der Waals surface area contributed by atoms with Crippen LogP contribution in [0.3, 0.4) is 0 Å². The first-order valence-corrected chi connectivity index (χ1v) is 8.84. The van der Waals surface area contributed by atoms with Gasteiger partial charge in [0.15, 0.2) is 0 Å². The molecular weight excluding hydrogens is 340 g/mol. The minimum Gasteiger partial charge on any atom is -0.370 e. The van der Waals surface area contributed by atoms with Crippen molar-refractivity contribution in [1.82, 2.24) is 24.5 Å². The van der Waals surface area contributed by atoms with E-state index in [1.807, 2.05) is 39.8 Å². The molecule has 1 amide bonds. The van der Waals surface area contributed by atoms with Gasteiger partial charge in [-0.25, -0.2) is 9.67 Å². The lowest BCUT2D eigenvalue weighted by Gasteiger charge is -2.09. The average Bonchev–Trinajstić information content (AvgIpc) is 3.32. The predicted molar refractivity (Wildman–Crippen MR) is 103 cm³/mol. The number of amides is 1. The molecule has 0 spiro atoms. The molecule has 0 unspecified atom stereocenters. The molecule has 0 aliphatic heterocycles. The summed E-state index contributed by atoms with van der Waals surface area (Å²) >= 11 is 0. The highest BCUT2D eigenvalue weighted by atomic mass is 16.1. The second-order valence-corrected chi connectivity index (χ2v) is 6.50. The van der Waals surface area contributed by atoms with Crippen LogP contribution in [0.15, 0.2) is 55.0 Å². The van der Waals surface area contributed by atoms with E-state index in [1.54, 1.807) is 12.4 Å². The molecule has 0 fully saturated rings. The van der Waals surface area contributed by atoms with Crippen LogP contribution in [0.1, 0.15) is 18.4 Å². The predicted octanol–water partition coefficient (Wildman–Crippen LogP) is 2.86. The standard InChI is InChI=1S/C20H20N6O/c1-14-11-17(15-5-2-6-16(12-15)25-10-4-8-22-25)24-18-13-23-26(20(14)18)9-3-7-19(21)27/h2,4-6,8,10-13H,3,7,9H2,1H3,(H2,21,27). The van der Waals surface area contributed by atoms with E-state index >= 15 is 0 Å². The average molecular weight is 360 g/mol. The summed E-state index contributed by atoms with van der Waals surface area (Å²) in [4.78, 5) is 15.7. The van der Waals surface area contributed by atoms with Gasteiger partial charge in [-0.3, -0.25) is 9.48 Å². The number of aromatic nitrogens is 5. The zero-order valence-electron chi connectivity index (χ0n) is 15.0. The fourth-order valence-electron chi connectivity index (χ4n) is 3.25. The molecule has 3 aromatic heterocycles. The molecule has 0 bridgehead atoms. The third kappa shape index (κ3) is 3.44. The summed E-state index contributed by atoms with van der Waals surface area (Å²) in [6.45, 7) is 2.69. The van der Waals surface area contributed by atoms with E-state index < -0.39 is 0 Å². The van der Waals surface area contributed by atoms with Gasteiger partial charge >= 0.3 is 0 Å². The number of pyridine rings is 1. The summed E-state index contributed by atoms with van der Waals surface area (Å²) in [5.41, 5.74) is 11.0. The van der Waals surface area contributed by atoms with Crippen molar-refractivity contribution < 1.29 is 4.79 Å². The Balaban J connectivity index is 1.68.